The average molecular weight is 378 g/mol. The van der Waals surface area contributed by atoms with Crippen LogP contribution in [0.15, 0.2) is 79.1 Å². The van der Waals surface area contributed by atoms with Crippen LogP contribution in [0.2, 0.25) is 0 Å². The smallest absolute Gasteiger partial charge is 0.118 e. The summed E-state index contributed by atoms with van der Waals surface area (Å²) in [5, 5.41) is 0. The summed E-state index contributed by atoms with van der Waals surface area (Å²) in [5.74, 6) is 1.13. The van der Waals surface area contributed by atoms with Crippen molar-refractivity contribution in [2.75, 3.05) is 9.80 Å². The maximum absolute atomic E-state index is 4.98. The Morgan fingerprint density at radius 3 is 2.48 bits per heavy atom. The number of imidazole rings is 1. The number of aromatic nitrogens is 2. The number of nitrogens with zero attached hydrogens (tertiary/aromatic N) is 4. The van der Waals surface area contributed by atoms with Crippen molar-refractivity contribution >= 4 is 22.4 Å². The lowest BCUT2D eigenvalue weighted by Crippen LogP contribution is -2.36. The van der Waals surface area contributed by atoms with Gasteiger partial charge in [0, 0.05) is 30.2 Å². The van der Waals surface area contributed by atoms with E-state index in [1.807, 2.05) is 0 Å². The van der Waals surface area contributed by atoms with Crippen LogP contribution >= 0.6 is 0 Å². The number of anilines is 2. The average Bonchev–Trinajstić information content (AvgIpc) is 3.39. The first-order valence-electron chi connectivity index (χ1n) is 10.1. The van der Waals surface area contributed by atoms with E-state index in [1.165, 1.54) is 33.7 Å². The lowest BCUT2D eigenvalue weighted by atomic mass is 10.1. The predicted molar refractivity (Wildman–Crippen MR) is 119 cm³/mol. The minimum absolute atomic E-state index is 0.212. The molecule has 2 aliphatic heterocycles. The van der Waals surface area contributed by atoms with Gasteiger partial charge in [0.25, 0.3) is 0 Å². The van der Waals surface area contributed by atoms with E-state index >= 15 is 0 Å². The zero-order valence-electron chi connectivity index (χ0n) is 16.6. The van der Waals surface area contributed by atoms with Gasteiger partial charge in [0.1, 0.15) is 12.0 Å². The van der Waals surface area contributed by atoms with Gasteiger partial charge in [0.05, 0.1) is 16.7 Å². The van der Waals surface area contributed by atoms with E-state index in [0.717, 1.165) is 17.8 Å². The minimum Gasteiger partial charge on any atom is -0.326 e. The van der Waals surface area contributed by atoms with E-state index in [-0.39, 0.29) is 6.17 Å². The molecule has 4 heteroatoms. The van der Waals surface area contributed by atoms with E-state index in [1.54, 1.807) is 0 Å². The summed E-state index contributed by atoms with van der Waals surface area (Å²) in [6, 6.07) is 23.7. The highest BCUT2D eigenvalue weighted by molar-refractivity contribution is 5.86. The van der Waals surface area contributed by atoms with Crippen LogP contribution < -0.4 is 9.80 Å². The molecule has 0 saturated heterocycles. The van der Waals surface area contributed by atoms with Crippen LogP contribution in [0, 0.1) is 6.92 Å². The number of hydrogen-bond donors (Lipinski definition) is 0. The van der Waals surface area contributed by atoms with Gasteiger partial charge in [-0.05, 0) is 55.3 Å². The van der Waals surface area contributed by atoms with Crippen molar-refractivity contribution in [3.63, 3.8) is 0 Å². The summed E-state index contributed by atoms with van der Waals surface area (Å²) in [6.45, 7) is 4.43. The molecule has 1 aromatic heterocycles. The molecule has 29 heavy (non-hydrogen) atoms. The maximum Gasteiger partial charge on any atom is 0.118 e. The molecule has 1 atom stereocenters. The van der Waals surface area contributed by atoms with Gasteiger partial charge in [-0.2, -0.15) is 0 Å². The Morgan fingerprint density at radius 1 is 0.862 bits per heavy atom. The van der Waals surface area contributed by atoms with Crippen LogP contribution in [0.4, 0.5) is 11.4 Å². The van der Waals surface area contributed by atoms with Crippen LogP contribution in [-0.2, 0) is 6.42 Å². The van der Waals surface area contributed by atoms with Crippen LogP contribution in [0.25, 0.3) is 16.7 Å². The highest BCUT2D eigenvalue weighted by atomic mass is 15.4. The van der Waals surface area contributed by atoms with Crippen LogP contribution in [0.3, 0.4) is 0 Å². The summed E-state index contributed by atoms with van der Waals surface area (Å²) < 4.78 is 2.32. The second-order valence-corrected chi connectivity index (χ2v) is 7.88. The summed E-state index contributed by atoms with van der Waals surface area (Å²) >= 11 is 0. The number of para-hydroxylation sites is 2. The second-order valence-electron chi connectivity index (χ2n) is 7.88. The first-order valence-corrected chi connectivity index (χ1v) is 10.1. The molecular formula is C25H22N4. The van der Waals surface area contributed by atoms with Gasteiger partial charge in [-0.1, -0.05) is 36.4 Å². The molecule has 3 aromatic carbocycles. The third-order valence-corrected chi connectivity index (χ3v) is 6.15. The molecule has 142 valence electrons. The Bertz CT molecular complexity index is 1270. The number of rotatable bonds is 2. The fourth-order valence-electron chi connectivity index (χ4n) is 4.69. The number of hydrogen-bond acceptors (Lipinski definition) is 3. The highest BCUT2D eigenvalue weighted by Crippen LogP contribution is 2.37. The Morgan fingerprint density at radius 2 is 1.62 bits per heavy atom. The fraction of sp³-hybridized carbons (Fsp3) is 0.160. The van der Waals surface area contributed by atoms with E-state index in [2.05, 4.69) is 107 Å². The monoisotopic (exact) mass is 378 g/mol. The summed E-state index contributed by atoms with van der Waals surface area (Å²) in [6.07, 6.45) is 5.45. The standard InChI is InChI=1S/C25H22N4/c1-17-14-24-21(26-25-15-19-8-6-7-11-22(19)29(24)25)16-23(17)28-13-12-27(18(28)2)20-9-4-3-5-10-20/h3-14,16,18H,15H2,1-2H3/t18-/m0/s1. The minimum atomic E-state index is 0.212. The summed E-state index contributed by atoms with van der Waals surface area (Å²) in [4.78, 5) is 9.61. The predicted octanol–water partition coefficient (Wildman–Crippen LogP) is 5.38. The molecule has 0 saturated carbocycles. The normalized spacial score (nSPS) is 17.2. The zero-order valence-corrected chi connectivity index (χ0v) is 16.6. The SMILES string of the molecule is Cc1cc2c(cc1N1C=CN(c3ccccc3)[C@@H]1C)nc1n2-c2ccccc2C1. The summed E-state index contributed by atoms with van der Waals surface area (Å²) in [7, 11) is 0. The number of aryl methyl sites for hydroxylation is 1. The molecule has 0 bridgehead atoms. The van der Waals surface area contributed by atoms with Gasteiger partial charge < -0.3 is 9.80 Å². The summed E-state index contributed by atoms with van der Waals surface area (Å²) in [5.41, 5.74) is 8.56. The first kappa shape index (κ1) is 16.4. The Kier molecular flexibility index (Phi) is 3.39. The third kappa shape index (κ3) is 2.35. The van der Waals surface area contributed by atoms with Gasteiger partial charge in [0.15, 0.2) is 0 Å². The topological polar surface area (TPSA) is 24.3 Å². The molecule has 0 unspecified atom stereocenters. The molecule has 4 nitrogen and oxygen atoms in total. The van der Waals surface area contributed by atoms with Crippen molar-refractivity contribution in [3.05, 3.63) is 96.1 Å². The van der Waals surface area contributed by atoms with Crippen molar-refractivity contribution in [1.29, 1.82) is 0 Å². The Hall–Kier alpha value is -3.53. The molecule has 0 spiro atoms. The van der Waals surface area contributed by atoms with Crippen LogP contribution in [-0.4, -0.2) is 15.7 Å². The molecule has 0 radical (unpaired) electrons. The van der Waals surface area contributed by atoms with Crippen molar-refractivity contribution in [2.24, 2.45) is 0 Å². The lowest BCUT2D eigenvalue weighted by Gasteiger charge is -2.30. The third-order valence-electron chi connectivity index (χ3n) is 6.15. The molecule has 0 fully saturated rings. The van der Waals surface area contributed by atoms with E-state index in [4.69, 9.17) is 4.98 Å². The molecular weight excluding hydrogens is 356 g/mol. The number of fused-ring (bicyclic) bond motifs is 5. The molecule has 4 aromatic rings. The lowest BCUT2D eigenvalue weighted by molar-refractivity contribution is 0.748. The fourth-order valence-corrected chi connectivity index (χ4v) is 4.69. The zero-order chi connectivity index (χ0) is 19.5. The maximum atomic E-state index is 4.98. The van der Waals surface area contributed by atoms with Gasteiger partial charge in [0.2, 0.25) is 0 Å². The van der Waals surface area contributed by atoms with Crippen molar-refractivity contribution in [3.8, 4) is 5.69 Å². The Balaban J connectivity index is 1.42. The molecule has 3 heterocycles. The van der Waals surface area contributed by atoms with E-state index in [9.17, 15) is 0 Å². The van der Waals surface area contributed by atoms with Crippen LogP contribution in [0.1, 0.15) is 23.9 Å². The number of benzene rings is 3. The molecule has 0 amide bonds. The molecule has 2 aliphatic rings. The molecule has 0 N–H and O–H groups in total. The van der Waals surface area contributed by atoms with Gasteiger partial charge in [-0.15, -0.1) is 0 Å². The highest BCUT2D eigenvalue weighted by Gasteiger charge is 2.27. The van der Waals surface area contributed by atoms with Gasteiger partial charge in [-0.25, -0.2) is 4.98 Å². The van der Waals surface area contributed by atoms with E-state index in [0.29, 0.717) is 0 Å². The molecule has 6 rings (SSSR count). The van der Waals surface area contributed by atoms with Crippen molar-refractivity contribution in [1.82, 2.24) is 9.55 Å². The van der Waals surface area contributed by atoms with E-state index < -0.39 is 0 Å². The van der Waals surface area contributed by atoms with Gasteiger partial charge in [-0.3, -0.25) is 4.57 Å². The Labute approximate surface area is 170 Å². The van der Waals surface area contributed by atoms with Gasteiger partial charge >= 0.3 is 0 Å². The van der Waals surface area contributed by atoms with Crippen molar-refractivity contribution < 1.29 is 0 Å². The first-order chi connectivity index (χ1) is 14.2. The second kappa shape index (κ2) is 5.98. The van der Waals surface area contributed by atoms with Crippen LogP contribution in [0.5, 0.6) is 0 Å². The quantitative estimate of drug-likeness (QED) is 0.412. The largest absolute Gasteiger partial charge is 0.326 e. The molecule has 0 aliphatic carbocycles. The van der Waals surface area contributed by atoms with Crippen molar-refractivity contribution in [2.45, 2.75) is 26.4 Å².